The molecule has 0 bridgehead atoms. The minimum Gasteiger partial charge on any atom is -0.476 e. The van der Waals surface area contributed by atoms with Crippen molar-refractivity contribution in [2.45, 2.75) is 6.54 Å². The quantitative estimate of drug-likeness (QED) is 0.833. The number of rotatable bonds is 5. The summed E-state index contributed by atoms with van der Waals surface area (Å²) in [5, 5.41) is 15.7. The van der Waals surface area contributed by atoms with Crippen LogP contribution in [0.2, 0.25) is 0 Å². The third-order valence-electron chi connectivity index (χ3n) is 4.47. The summed E-state index contributed by atoms with van der Waals surface area (Å²) in [6.07, 6.45) is 1.48. The molecule has 1 amide bonds. The summed E-state index contributed by atoms with van der Waals surface area (Å²) in [6.45, 7) is 4.88. The maximum atomic E-state index is 12.5. The molecule has 138 valence electrons. The van der Waals surface area contributed by atoms with Gasteiger partial charge in [-0.05, 0) is 24.7 Å². The van der Waals surface area contributed by atoms with Crippen LogP contribution in [0.3, 0.4) is 0 Å². The lowest BCUT2D eigenvalue weighted by Crippen LogP contribution is -2.43. The second-order valence-electron chi connectivity index (χ2n) is 6.60. The summed E-state index contributed by atoms with van der Waals surface area (Å²) >= 11 is 0. The van der Waals surface area contributed by atoms with Gasteiger partial charge in [0.05, 0.1) is 5.69 Å². The van der Waals surface area contributed by atoms with Gasteiger partial charge >= 0.3 is 5.97 Å². The first-order valence-electron chi connectivity index (χ1n) is 8.50. The highest BCUT2D eigenvalue weighted by Gasteiger charge is 2.18. The summed E-state index contributed by atoms with van der Waals surface area (Å²) in [6, 6.07) is 7.42. The zero-order valence-electron chi connectivity index (χ0n) is 15.0. The van der Waals surface area contributed by atoms with Crippen LogP contribution < -0.4 is 5.32 Å². The second kappa shape index (κ2) is 7.67. The van der Waals surface area contributed by atoms with Crippen molar-refractivity contribution in [3.8, 4) is 0 Å². The first-order chi connectivity index (χ1) is 12.4. The molecular weight excluding hydrogens is 334 g/mol. The number of aryl methyl sites for hydroxylation is 1. The Morgan fingerprint density at radius 1 is 1.19 bits per heavy atom. The molecule has 0 aliphatic carbocycles. The van der Waals surface area contributed by atoms with E-state index in [9.17, 15) is 14.7 Å². The van der Waals surface area contributed by atoms with Crippen LogP contribution in [-0.2, 0) is 13.6 Å². The van der Waals surface area contributed by atoms with Crippen LogP contribution in [0.15, 0.2) is 30.5 Å². The Balaban J connectivity index is 1.69. The molecule has 1 saturated heterocycles. The van der Waals surface area contributed by atoms with Crippen LogP contribution in [0, 0.1) is 0 Å². The molecule has 0 unspecified atom stereocenters. The number of hydrogen-bond acceptors (Lipinski definition) is 5. The zero-order valence-corrected chi connectivity index (χ0v) is 15.0. The summed E-state index contributed by atoms with van der Waals surface area (Å²) in [7, 11) is 3.73. The van der Waals surface area contributed by atoms with E-state index in [1.54, 1.807) is 13.1 Å². The Hall–Kier alpha value is -2.71. The molecule has 1 aliphatic heterocycles. The minimum absolute atomic E-state index is 0.172. The van der Waals surface area contributed by atoms with Crippen LogP contribution in [0.4, 0.5) is 5.69 Å². The van der Waals surface area contributed by atoms with Crippen LogP contribution in [-0.4, -0.2) is 69.8 Å². The van der Waals surface area contributed by atoms with Crippen LogP contribution in [0.1, 0.15) is 26.4 Å². The Kier molecular flexibility index (Phi) is 5.34. The number of likely N-dealkylation sites (N-methyl/N-ethyl adjacent to an activating group) is 1. The van der Waals surface area contributed by atoms with E-state index in [0.717, 1.165) is 38.3 Å². The molecule has 0 saturated carbocycles. The third-order valence-corrected chi connectivity index (χ3v) is 4.47. The van der Waals surface area contributed by atoms with Gasteiger partial charge in [0.25, 0.3) is 5.91 Å². The van der Waals surface area contributed by atoms with Gasteiger partial charge in [-0.1, -0.05) is 12.1 Å². The summed E-state index contributed by atoms with van der Waals surface area (Å²) in [5.74, 6) is -1.52. The molecule has 1 aromatic heterocycles. The van der Waals surface area contributed by atoms with Gasteiger partial charge in [-0.15, -0.1) is 0 Å². The lowest BCUT2D eigenvalue weighted by molar-refractivity contribution is 0.0690. The standard InChI is InChI=1S/C18H23N5O3/c1-21-6-8-23(9-7-21)11-13-4-3-5-14(10-13)17(24)19-15-12-22(2)20-16(15)18(25)26/h3-5,10,12H,6-9,11H2,1-2H3,(H,19,24)(H,25,26). The summed E-state index contributed by atoms with van der Waals surface area (Å²) in [5.41, 5.74) is 1.58. The van der Waals surface area contributed by atoms with Gasteiger partial charge < -0.3 is 15.3 Å². The first-order valence-corrected chi connectivity index (χ1v) is 8.50. The predicted molar refractivity (Wildman–Crippen MR) is 97.3 cm³/mol. The molecule has 1 aromatic carbocycles. The second-order valence-corrected chi connectivity index (χ2v) is 6.60. The molecule has 0 atom stereocenters. The van der Waals surface area contributed by atoms with E-state index in [2.05, 4.69) is 27.3 Å². The van der Waals surface area contributed by atoms with E-state index in [-0.39, 0.29) is 17.3 Å². The van der Waals surface area contributed by atoms with Crippen molar-refractivity contribution in [3.63, 3.8) is 0 Å². The predicted octanol–water partition coefficient (Wildman–Crippen LogP) is 1.12. The highest BCUT2D eigenvalue weighted by atomic mass is 16.4. The number of nitrogens with zero attached hydrogens (tertiary/aromatic N) is 4. The van der Waals surface area contributed by atoms with Gasteiger partial charge in [-0.25, -0.2) is 4.79 Å². The van der Waals surface area contributed by atoms with Crippen molar-refractivity contribution in [1.82, 2.24) is 19.6 Å². The van der Waals surface area contributed by atoms with Crippen molar-refractivity contribution in [1.29, 1.82) is 0 Å². The molecule has 2 heterocycles. The number of carbonyl (C=O) groups is 2. The molecule has 2 N–H and O–H groups in total. The Labute approximate surface area is 152 Å². The molecule has 8 nitrogen and oxygen atoms in total. The van der Waals surface area contributed by atoms with Crippen molar-refractivity contribution in [2.24, 2.45) is 7.05 Å². The molecule has 3 rings (SSSR count). The normalized spacial score (nSPS) is 15.8. The average molecular weight is 357 g/mol. The number of carbonyl (C=O) groups excluding carboxylic acids is 1. The van der Waals surface area contributed by atoms with Gasteiger partial charge in [0.1, 0.15) is 0 Å². The highest BCUT2D eigenvalue weighted by Crippen LogP contribution is 2.16. The number of amides is 1. The van der Waals surface area contributed by atoms with Crippen molar-refractivity contribution in [2.75, 3.05) is 38.5 Å². The smallest absolute Gasteiger partial charge is 0.358 e. The summed E-state index contributed by atoms with van der Waals surface area (Å²) < 4.78 is 1.36. The number of piperazine rings is 1. The van der Waals surface area contributed by atoms with Gasteiger partial charge in [0, 0.05) is 51.5 Å². The number of benzene rings is 1. The maximum absolute atomic E-state index is 12.5. The Bertz CT molecular complexity index is 809. The van der Waals surface area contributed by atoms with E-state index in [1.165, 1.54) is 10.9 Å². The van der Waals surface area contributed by atoms with E-state index in [4.69, 9.17) is 0 Å². The first kappa shape index (κ1) is 18.1. The van der Waals surface area contributed by atoms with Crippen LogP contribution in [0.25, 0.3) is 0 Å². The highest BCUT2D eigenvalue weighted by molar-refractivity contribution is 6.07. The number of carboxylic acid groups (broad SMARTS) is 1. The van der Waals surface area contributed by atoms with Crippen LogP contribution >= 0.6 is 0 Å². The molecule has 0 spiro atoms. The largest absolute Gasteiger partial charge is 0.476 e. The van der Waals surface area contributed by atoms with Crippen LogP contribution in [0.5, 0.6) is 0 Å². The molecule has 0 radical (unpaired) electrons. The number of aromatic carboxylic acids is 1. The number of anilines is 1. The summed E-state index contributed by atoms with van der Waals surface area (Å²) in [4.78, 5) is 28.4. The molecular formula is C18H23N5O3. The van der Waals surface area contributed by atoms with E-state index in [1.807, 2.05) is 18.2 Å². The molecule has 8 heteroatoms. The van der Waals surface area contributed by atoms with Gasteiger partial charge in [0.2, 0.25) is 0 Å². The van der Waals surface area contributed by atoms with E-state index in [0.29, 0.717) is 5.56 Å². The topological polar surface area (TPSA) is 90.7 Å². The zero-order chi connectivity index (χ0) is 18.7. The van der Waals surface area contributed by atoms with E-state index >= 15 is 0 Å². The van der Waals surface area contributed by atoms with E-state index < -0.39 is 5.97 Å². The Morgan fingerprint density at radius 3 is 2.62 bits per heavy atom. The van der Waals surface area contributed by atoms with Gasteiger partial charge in [0.15, 0.2) is 5.69 Å². The van der Waals surface area contributed by atoms with Gasteiger partial charge in [-0.2, -0.15) is 5.10 Å². The van der Waals surface area contributed by atoms with Crippen molar-refractivity contribution < 1.29 is 14.7 Å². The number of carboxylic acids is 1. The fourth-order valence-corrected chi connectivity index (χ4v) is 3.01. The fraction of sp³-hybridized carbons (Fsp3) is 0.389. The third kappa shape index (κ3) is 4.27. The fourth-order valence-electron chi connectivity index (χ4n) is 3.01. The Morgan fingerprint density at radius 2 is 1.92 bits per heavy atom. The molecule has 26 heavy (non-hydrogen) atoms. The lowest BCUT2D eigenvalue weighted by Gasteiger charge is -2.32. The molecule has 1 fully saturated rings. The minimum atomic E-state index is -1.18. The maximum Gasteiger partial charge on any atom is 0.358 e. The number of aromatic nitrogens is 2. The number of nitrogens with one attached hydrogen (secondary N) is 1. The SMILES string of the molecule is CN1CCN(Cc2cccc(C(=O)Nc3cn(C)nc3C(=O)O)c2)CC1. The van der Waals surface area contributed by atoms with Crippen molar-refractivity contribution >= 4 is 17.6 Å². The number of hydrogen-bond donors (Lipinski definition) is 2. The van der Waals surface area contributed by atoms with Crippen molar-refractivity contribution in [3.05, 3.63) is 47.3 Å². The monoisotopic (exact) mass is 357 g/mol. The average Bonchev–Trinajstić information content (AvgIpc) is 2.98. The molecule has 2 aromatic rings. The lowest BCUT2D eigenvalue weighted by atomic mass is 10.1. The molecule has 1 aliphatic rings. The van der Waals surface area contributed by atoms with Gasteiger partial charge in [-0.3, -0.25) is 14.4 Å².